The molecule has 0 unspecified atom stereocenters. The largest absolute Gasteiger partial charge is 0.321 e. The van der Waals surface area contributed by atoms with E-state index in [0.29, 0.717) is 6.42 Å². The van der Waals surface area contributed by atoms with Crippen LogP contribution in [-0.4, -0.2) is 12.3 Å². The first kappa shape index (κ1) is 10.9. The highest BCUT2D eigenvalue weighted by atomic mass is 16.1. The maximum atomic E-state index is 10.3. The van der Waals surface area contributed by atoms with Crippen molar-refractivity contribution >= 4 is 6.29 Å². The smallest absolute Gasteiger partial charge is 0.217 e. The van der Waals surface area contributed by atoms with Crippen molar-refractivity contribution in [3.8, 4) is 0 Å². The normalized spacial score (nSPS) is 12.6. The molecule has 0 aliphatic rings. The molecule has 75 valence electrons. The number of rotatable bonds is 3. The highest BCUT2D eigenvalue weighted by Crippen LogP contribution is 2.17. The molecule has 0 amide bonds. The van der Waals surface area contributed by atoms with E-state index in [4.69, 9.17) is 5.73 Å². The van der Waals surface area contributed by atoms with E-state index >= 15 is 0 Å². The SMILES string of the molecule is Cc1cc(C)c(C[C@@H](N)[C]=O)c(C)c1. The lowest BCUT2D eigenvalue weighted by Crippen LogP contribution is -2.25. The van der Waals surface area contributed by atoms with Crippen molar-refractivity contribution in [3.63, 3.8) is 0 Å². The molecular weight excluding hydrogens is 174 g/mol. The molecule has 2 N–H and O–H groups in total. The second-order valence-electron chi connectivity index (χ2n) is 3.81. The molecule has 0 spiro atoms. The van der Waals surface area contributed by atoms with E-state index in [2.05, 4.69) is 19.1 Å². The van der Waals surface area contributed by atoms with Crippen LogP contribution in [0, 0.1) is 20.8 Å². The molecule has 2 heteroatoms. The fraction of sp³-hybridized carbons (Fsp3) is 0.417. The van der Waals surface area contributed by atoms with Gasteiger partial charge in [0.15, 0.2) is 0 Å². The van der Waals surface area contributed by atoms with Crippen LogP contribution in [0.15, 0.2) is 12.1 Å². The number of carbonyl (C=O) groups excluding carboxylic acids is 1. The molecule has 1 atom stereocenters. The zero-order valence-electron chi connectivity index (χ0n) is 8.92. The average molecular weight is 190 g/mol. The van der Waals surface area contributed by atoms with E-state index in [9.17, 15) is 4.79 Å². The van der Waals surface area contributed by atoms with Crippen molar-refractivity contribution in [3.05, 3.63) is 34.4 Å². The second kappa shape index (κ2) is 4.38. The van der Waals surface area contributed by atoms with Crippen molar-refractivity contribution in [2.75, 3.05) is 0 Å². The van der Waals surface area contributed by atoms with Crippen molar-refractivity contribution in [1.82, 2.24) is 0 Å². The Kier molecular flexibility index (Phi) is 3.42. The van der Waals surface area contributed by atoms with Gasteiger partial charge >= 0.3 is 0 Å². The zero-order valence-corrected chi connectivity index (χ0v) is 8.92. The molecule has 2 nitrogen and oxygen atoms in total. The minimum Gasteiger partial charge on any atom is -0.321 e. The number of aryl methyl sites for hydroxylation is 3. The molecule has 1 rings (SSSR count). The van der Waals surface area contributed by atoms with E-state index in [-0.39, 0.29) is 0 Å². The van der Waals surface area contributed by atoms with Crippen molar-refractivity contribution in [1.29, 1.82) is 0 Å². The summed E-state index contributed by atoms with van der Waals surface area (Å²) in [4.78, 5) is 10.3. The number of benzene rings is 1. The fourth-order valence-corrected chi connectivity index (χ4v) is 1.79. The molecule has 0 bridgehead atoms. The van der Waals surface area contributed by atoms with Gasteiger partial charge in [-0.1, -0.05) is 17.7 Å². The molecule has 0 aliphatic carbocycles. The quantitative estimate of drug-likeness (QED) is 0.786. The Hall–Kier alpha value is -1.15. The Bertz CT molecular complexity index is 321. The van der Waals surface area contributed by atoms with Gasteiger partial charge in [0.1, 0.15) is 0 Å². The van der Waals surface area contributed by atoms with Gasteiger partial charge < -0.3 is 5.73 Å². The summed E-state index contributed by atoms with van der Waals surface area (Å²) in [6.45, 7) is 6.16. The molecular formula is C12H16NO. The minimum absolute atomic E-state index is 0.505. The summed E-state index contributed by atoms with van der Waals surface area (Å²) in [5, 5.41) is 0. The molecule has 0 aromatic heterocycles. The Morgan fingerprint density at radius 2 is 1.79 bits per heavy atom. The van der Waals surface area contributed by atoms with Crippen molar-refractivity contribution < 1.29 is 4.79 Å². The summed E-state index contributed by atoms with van der Waals surface area (Å²) in [6, 6.07) is 3.72. The van der Waals surface area contributed by atoms with E-state index in [1.54, 1.807) is 0 Å². The highest BCUT2D eigenvalue weighted by Gasteiger charge is 2.08. The lowest BCUT2D eigenvalue weighted by Gasteiger charge is -2.12. The van der Waals surface area contributed by atoms with Crippen molar-refractivity contribution in [2.45, 2.75) is 33.2 Å². The van der Waals surface area contributed by atoms with Crippen LogP contribution in [0.3, 0.4) is 0 Å². The van der Waals surface area contributed by atoms with Gasteiger partial charge in [0.2, 0.25) is 6.29 Å². The number of nitrogens with two attached hydrogens (primary N) is 1. The van der Waals surface area contributed by atoms with Gasteiger partial charge in [-0.25, -0.2) is 0 Å². The lowest BCUT2D eigenvalue weighted by molar-refractivity contribution is 0.540. The summed E-state index contributed by atoms with van der Waals surface area (Å²) < 4.78 is 0. The van der Waals surface area contributed by atoms with Crippen LogP contribution >= 0.6 is 0 Å². The van der Waals surface area contributed by atoms with Gasteiger partial charge in [0.25, 0.3) is 0 Å². The lowest BCUT2D eigenvalue weighted by atomic mass is 9.95. The van der Waals surface area contributed by atoms with E-state index in [0.717, 1.165) is 0 Å². The fourth-order valence-electron chi connectivity index (χ4n) is 1.79. The number of hydrogen-bond acceptors (Lipinski definition) is 2. The maximum absolute atomic E-state index is 10.3. The standard InChI is InChI=1S/C12H16NO/c1-8-4-9(2)12(10(3)5-8)6-11(13)7-14/h4-5,11H,6,13H2,1-3H3/t11-/m1/s1. The summed E-state index contributed by atoms with van der Waals surface area (Å²) in [7, 11) is 0. The monoisotopic (exact) mass is 190 g/mol. The summed E-state index contributed by atoms with van der Waals surface area (Å²) >= 11 is 0. The van der Waals surface area contributed by atoms with Gasteiger partial charge in [-0.2, -0.15) is 0 Å². The summed E-state index contributed by atoms with van der Waals surface area (Å²) in [6.07, 6.45) is 2.40. The molecule has 0 aliphatic heterocycles. The summed E-state index contributed by atoms with van der Waals surface area (Å²) in [5.41, 5.74) is 10.4. The third-order valence-electron chi connectivity index (χ3n) is 2.42. The Morgan fingerprint density at radius 1 is 1.29 bits per heavy atom. The van der Waals surface area contributed by atoms with Gasteiger partial charge in [-0.15, -0.1) is 0 Å². The van der Waals surface area contributed by atoms with Gasteiger partial charge in [0, 0.05) is 0 Å². The second-order valence-corrected chi connectivity index (χ2v) is 3.81. The van der Waals surface area contributed by atoms with Crippen molar-refractivity contribution in [2.24, 2.45) is 5.73 Å². The number of hydrogen-bond donors (Lipinski definition) is 1. The van der Waals surface area contributed by atoms with E-state index in [1.165, 1.54) is 22.3 Å². The predicted molar refractivity (Wildman–Crippen MR) is 58.0 cm³/mol. The Balaban J connectivity index is 3.02. The topological polar surface area (TPSA) is 43.1 Å². The first-order valence-electron chi connectivity index (χ1n) is 4.74. The highest BCUT2D eigenvalue weighted by molar-refractivity contribution is 5.59. The Morgan fingerprint density at radius 3 is 2.21 bits per heavy atom. The molecule has 0 fully saturated rings. The molecule has 0 saturated heterocycles. The molecule has 14 heavy (non-hydrogen) atoms. The van der Waals surface area contributed by atoms with Crippen LogP contribution in [0.1, 0.15) is 22.3 Å². The zero-order chi connectivity index (χ0) is 10.7. The minimum atomic E-state index is -0.505. The van der Waals surface area contributed by atoms with Crippen LogP contribution in [0.4, 0.5) is 0 Å². The molecule has 1 aromatic carbocycles. The Labute approximate surface area is 85.1 Å². The predicted octanol–water partition coefficient (Wildman–Crippen LogP) is 1.59. The first-order valence-corrected chi connectivity index (χ1v) is 4.74. The molecule has 0 heterocycles. The van der Waals surface area contributed by atoms with Gasteiger partial charge in [-0.05, 0) is 43.9 Å². The van der Waals surface area contributed by atoms with Gasteiger partial charge in [0.05, 0.1) is 6.04 Å². The molecule has 0 saturated carbocycles. The average Bonchev–Trinajstić information content (AvgIpc) is 2.10. The van der Waals surface area contributed by atoms with Crippen LogP contribution in [0.25, 0.3) is 0 Å². The van der Waals surface area contributed by atoms with Crippen LogP contribution in [0.2, 0.25) is 0 Å². The van der Waals surface area contributed by atoms with Gasteiger partial charge in [-0.3, -0.25) is 4.79 Å². The van der Waals surface area contributed by atoms with E-state index in [1.807, 2.05) is 20.1 Å². The van der Waals surface area contributed by atoms with E-state index < -0.39 is 6.04 Å². The molecule has 1 radical (unpaired) electrons. The first-order chi connectivity index (χ1) is 6.54. The maximum Gasteiger partial charge on any atom is 0.217 e. The van der Waals surface area contributed by atoms with Crippen LogP contribution in [-0.2, 0) is 11.2 Å². The molecule has 1 aromatic rings. The summed E-state index contributed by atoms with van der Waals surface area (Å²) in [5.74, 6) is 0. The van der Waals surface area contributed by atoms with Crippen LogP contribution in [0.5, 0.6) is 0 Å². The van der Waals surface area contributed by atoms with Crippen LogP contribution < -0.4 is 5.73 Å². The third kappa shape index (κ3) is 2.42. The third-order valence-corrected chi connectivity index (χ3v) is 2.42.